The van der Waals surface area contributed by atoms with E-state index in [1.54, 1.807) is 37.3 Å². The molecule has 14 heteroatoms. The van der Waals surface area contributed by atoms with Gasteiger partial charge in [-0.15, -0.1) is 0 Å². The number of nitrogens with zero attached hydrogens (tertiary/aromatic N) is 7. The van der Waals surface area contributed by atoms with E-state index in [1.807, 2.05) is 37.4 Å². The Morgan fingerprint density at radius 3 is 2.26 bits per heavy atom. The van der Waals surface area contributed by atoms with Crippen molar-refractivity contribution in [3.63, 3.8) is 0 Å². The lowest BCUT2D eigenvalue weighted by Gasteiger charge is -2.45. The van der Waals surface area contributed by atoms with Crippen LogP contribution in [0.15, 0.2) is 73.1 Å². The van der Waals surface area contributed by atoms with Crippen molar-refractivity contribution in [2.24, 2.45) is 5.92 Å². The number of fused-ring (bicyclic) bond motifs is 2. The third-order valence-electron chi connectivity index (χ3n) is 11.7. The molecule has 14 nitrogen and oxygen atoms in total. The third kappa shape index (κ3) is 6.59. The fourth-order valence-corrected chi connectivity index (χ4v) is 8.51. The lowest BCUT2D eigenvalue weighted by atomic mass is 9.97. The van der Waals surface area contributed by atoms with Crippen LogP contribution in [0.4, 0.5) is 11.4 Å². The van der Waals surface area contributed by atoms with Crippen LogP contribution in [-0.4, -0.2) is 125 Å². The summed E-state index contributed by atoms with van der Waals surface area (Å²) in [7, 11) is 3.51. The highest BCUT2D eigenvalue weighted by molar-refractivity contribution is 6.23. The van der Waals surface area contributed by atoms with E-state index in [9.17, 15) is 24.0 Å². The van der Waals surface area contributed by atoms with Crippen LogP contribution in [-0.2, 0) is 9.59 Å². The summed E-state index contributed by atoms with van der Waals surface area (Å²) in [6.45, 7) is 8.46. The van der Waals surface area contributed by atoms with Gasteiger partial charge in [-0.1, -0.05) is 24.3 Å². The van der Waals surface area contributed by atoms with Crippen molar-refractivity contribution in [1.82, 2.24) is 35.0 Å². The van der Waals surface area contributed by atoms with Crippen molar-refractivity contribution in [3.8, 4) is 22.4 Å². The number of imide groups is 2. The number of carbonyl (C=O) groups is 5. The predicted molar refractivity (Wildman–Crippen MR) is 215 cm³/mol. The molecule has 6 heterocycles. The summed E-state index contributed by atoms with van der Waals surface area (Å²) in [4.78, 5) is 85.6. The number of piperazine rings is 1. The molecule has 2 aromatic heterocycles. The first-order valence-corrected chi connectivity index (χ1v) is 19.4. The van der Waals surface area contributed by atoms with Gasteiger partial charge >= 0.3 is 0 Å². The molecule has 1 unspecified atom stereocenters. The summed E-state index contributed by atoms with van der Waals surface area (Å²) in [6.07, 6.45) is 3.95. The highest BCUT2D eigenvalue weighted by Gasteiger charge is 2.45. The molecule has 0 radical (unpaired) electrons. The molecule has 1 atom stereocenters. The second-order valence-electron chi connectivity index (χ2n) is 15.7. The minimum atomic E-state index is -0.967. The predicted octanol–water partition coefficient (Wildman–Crippen LogP) is 3.96. The average molecular weight is 766 g/mol. The Labute approximate surface area is 329 Å². The maximum absolute atomic E-state index is 13.3. The van der Waals surface area contributed by atoms with E-state index in [-0.39, 0.29) is 24.7 Å². The van der Waals surface area contributed by atoms with Gasteiger partial charge in [0.05, 0.1) is 23.0 Å². The largest absolute Gasteiger partial charge is 0.371 e. The summed E-state index contributed by atoms with van der Waals surface area (Å²) in [6, 6.07) is 18.7. The summed E-state index contributed by atoms with van der Waals surface area (Å²) in [5.74, 6) is -1.49. The number of anilines is 2. The molecule has 0 bridgehead atoms. The number of hydrogen-bond acceptors (Lipinski definition) is 10. The Kier molecular flexibility index (Phi) is 9.07. The SMILES string of the molecule is Cc1cc(-c2c[nH]c3ncc(-c4ccc(N5CCN(CC6CN(c7ccc8c(c7)C(=O)N(C7CCC(=O)NC7=O)C8=O)C6)CC5)cc4)nc23)ccc1C(=O)N(C)C. The molecule has 3 saturated heterocycles. The zero-order valence-corrected chi connectivity index (χ0v) is 32.1. The number of benzene rings is 3. The quantitative estimate of drug-likeness (QED) is 0.222. The van der Waals surface area contributed by atoms with Crippen molar-refractivity contribution in [3.05, 3.63) is 95.3 Å². The topological polar surface area (TPSA) is 155 Å². The smallest absolute Gasteiger partial charge is 0.262 e. The highest BCUT2D eigenvalue weighted by Crippen LogP contribution is 2.34. The molecule has 0 aliphatic carbocycles. The van der Waals surface area contributed by atoms with Crippen LogP contribution in [0, 0.1) is 12.8 Å². The number of amides is 5. The minimum Gasteiger partial charge on any atom is -0.371 e. The summed E-state index contributed by atoms with van der Waals surface area (Å²) in [5, 5.41) is 2.24. The molecule has 4 aliphatic heterocycles. The molecule has 0 saturated carbocycles. The van der Waals surface area contributed by atoms with Crippen LogP contribution in [0.25, 0.3) is 33.5 Å². The monoisotopic (exact) mass is 765 g/mol. The van der Waals surface area contributed by atoms with Gasteiger partial charge in [-0.25, -0.2) is 9.97 Å². The highest BCUT2D eigenvalue weighted by atomic mass is 16.2. The Balaban J connectivity index is 0.784. The van der Waals surface area contributed by atoms with Crippen LogP contribution in [0.3, 0.4) is 0 Å². The standard InChI is InChI=1S/C43H43N9O5/c1-25-18-28(6-10-31(25)41(55)48(2)3)34-20-44-39-38(34)46-35(21-45-39)27-4-7-29(8-5-27)50-16-14-49(15-17-50)22-26-23-51(24-26)30-9-11-32-33(19-30)43(57)52(42(32)56)36-12-13-37(53)47-40(36)54/h4-11,18-21,26,36H,12-17,22-24H2,1-3H3,(H,44,45)(H,47,53,54). The van der Waals surface area contributed by atoms with E-state index >= 15 is 0 Å². The van der Waals surface area contributed by atoms with Gasteiger partial charge in [0.25, 0.3) is 17.7 Å². The molecule has 3 aromatic carbocycles. The van der Waals surface area contributed by atoms with Gasteiger partial charge < -0.3 is 19.7 Å². The van der Waals surface area contributed by atoms with Gasteiger partial charge in [-0.05, 0) is 60.9 Å². The molecule has 4 aliphatic rings. The Morgan fingerprint density at radius 2 is 1.54 bits per heavy atom. The average Bonchev–Trinajstić information content (AvgIpc) is 3.73. The molecule has 9 rings (SSSR count). The summed E-state index contributed by atoms with van der Waals surface area (Å²) >= 11 is 0. The van der Waals surface area contributed by atoms with Gasteiger partial charge in [0.2, 0.25) is 11.8 Å². The maximum Gasteiger partial charge on any atom is 0.262 e. The van der Waals surface area contributed by atoms with Gasteiger partial charge in [-0.3, -0.25) is 39.1 Å². The zero-order chi connectivity index (χ0) is 39.5. The van der Waals surface area contributed by atoms with Crippen molar-refractivity contribution in [1.29, 1.82) is 0 Å². The number of hydrogen-bond donors (Lipinski definition) is 2. The second kappa shape index (κ2) is 14.3. The summed E-state index contributed by atoms with van der Waals surface area (Å²) < 4.78 is 0. The number of rotatable bonds is 8. The molecular formula is C43H43N9O5. The normalized spacial score (nSPS) is 18.9. The molecule has 0 spiro atoms. The van der Waals surface area contributed by atoms with E-state index < -0.39 is 23.8 Å². The lowest BCUT2D eigenvalue weighted by molar-refractivity contribution is -0.136. The maximum atomic E-state index is 13.3. The number of aryl methyl sites for hydroxylation is 1. The molecule has 290 valence electrons. The lowest BCUT2D eigenvalue weighted by Crippen LogP contribution is -2.55. The number of H-pyrrole nitrogens is 1. The first-order valence-electron chi connectivity index (χ1n) is 19.4. The molecule has 57 heavy (non-hydrogen) atoms. The Bertz CT molecular complexity index is 2460. The van der Waals surface area contributed by atoms with Gasteiger partial charge in [0.1, 0.15) is 11.6 Å². The third-order valence-corrected chi connectivity index (χ3v) is 11.7. The number of aromatic nitrogens is 3. The first kappa shape index (κ1) is 36.2. The number of carbonyl (C=O) groups excluding carboxylic acids is 5. The Hall–Kier alpha value is -6.41. The summed E-state index contributed by atoms with van der Waals surface area (Å²) in [5.41, 5.74) is 9.45. The number of piperidine rings is 1. The molecule has 5 aromatic rings. The van der Waals surface area contributed by atoms with Crippen molar-refractivity contribution >= 4 is 52.1 Å². The number of aromatic amines is 1. The van der Waals surface area contributed by atoms with Gasteiger partial charge in [0.15, 0.2) is 5.65 Å². The number of nitrogens with one attached hydrogen (secondary N) is 2. The van der Waals surface area contributed by atoms with Crippen molar-refractivity contribution in [2.45, 2.75) is 25.8 Å². The van der Waals surface area contributed by atoms with E-state index in [0.29, 0.717) is 28.3 Å². The van der Waals surface area contributed by atoms with E-state index in [1.165, 1.54) is 5.69 Å². The molecular weight excluding hydrogens is 723 g/mol. The van der Waals surface area contributed by atoms with Crippen LogP contribution in [0.5, 0.6) is 0 Å². The van der Waals surface area contributed by atoms with Gasteiger partial charge in [0, 0.05) is 107 Å². The molecule has 5 amide bonds. The van der Waals surface area contributed by atoms with E-state index in [4.69, 9.17) is 4.98 Å². The fraction of sp³-hybridized carbons (Fsp3) is 0.326. The van der Waals surface area contributed by atoms with Crippen LogP contribution in [0.2, 0.25) is 0 Å². The van der Waals surface area contributed by atoms with E-state index in [2.05, 4.69) is 54.2 Å². The van der Waals surface area contributed by atoms with Crippen molar-refractivity contribution < 1.29 is 24.0 Å². The van der Waals surface area contributed by atoms with Crippen LogP contribution in [0.1, 0.15) is 49.5 Å². The molecule has 2 N–H and O–H groups in total. The zero-order valence-electron chi connectivity index (χ0n) is 32.1. The first-order chi connectivity index (χ1) is 27.5. The Morgan fingerprint density at radius 1 is 0.825 bits per heavy atom. The van der Waals surface area contributed by atoms with Crippen molar-refractivity contribution in [2.75, 3.05) is 69.7 Å². The van der Waals surface area contributed by atoms with E-state index in [0.717, 1.165) is 89.9 Å². The van der Waals surface area contributed by atoms with Gasteiger partial charge in [-0.2, -0.15) is 0 Å². The van der Waals surface area contributed by atoms with Crippen LogP contribution >= 0.6 is 0 Å². The fourth-order valence-electron chi connectivity index (χ4n) is 8.51. The molecule has 3 fully saturated rings. The second-order valence-corrected chi connectivity index (χ2v) is 15.7. The van der Waals surface area contributed by atoms with Crippen LogP contribution < -0.4 is 15.1 Å². The minimum absolute atomic E-state index is 0.0223.